The second-order valence-corrected chi connectivity index (χ2v) is 6.55. The topological polar surface area (TPSA) is 23.5 Å². The van der Waals surface area contributed by atoms with Crippen molar-refractivity contribution in [2.75, 3.05) is 26.7 Å². The molecule has 1 rings (SSSR count). The van der Waals surface area contributed by atoms with Gasteiger partial charge in [0.25, 0.3) is 0 Å². The molecule has 0 aromatic rings. The molecule has 1 aliphatic rings. The lowest BCUT2D eigenvalue weighted by Crippen LogP contribution is -2.34. The van der Waals surface area contributed by atoms with Crippen LogP contribution in [0.15, 0.2) is 0 Å². The Morgan fingerprint density at radius 2 is 1.92 bits per heavy atom. The summed E-state index contributed by atoms with van der Waals surface area (Å²) in [4.78, 5) is 2.38. The standard InChI is InChI=1S/C10H21NOS/c1-10(2,8-12)13-9-4-6-11(3)7-5-9/h9,12H,4-8H2,1-3H3. The lowest BCUT2D eigenvalue weighted by Gasteiger charge is -2.33. The number of likely N-dealkylation sites (tertiary alicyclic amines) is 1. The number of rotatable bonds is 3. The van der Waals surface area contributed by atoms with Gasteiger partial charge in [-0.1, -0.05) is 0 Å². The molecule has 1 aliphatic heterocycles. The van der Waals surface area contributed by atoms with Crippen molar-refractivity contribution in [2.24, 2.45) is 0 Å². The fourth-order valence-corrected chi connectivity index (χ4v) is 3.01. The first-order valence-corrected chi connectivity index (χ1v) is 5.89. The lowest BCUT2D eigenvalue weighted by molar-refractivity contribution is 0.260. The van der Waals surface area contributed by atoms with Crippen LogP contribution in [-0.2, 0) is 0 Å². The molecule has 0 aromatic heterocycles. The Morgan fingerprint density at radius 1 is 1.38 bits per heavy atom. The molecule has 3 heteroatoms. The van der Waals surface area contributed by atoms with Crippen molar-refractivity contribution < 1.29 is 5.11 Å². The van der Waals surface area contributed by atoms with Gasteiger partial charge in [0.15, 0.2) is 0 Å². The summed E-state index contributed by atoms with van der Waals surface area (Å²) in [5, 5.41) is 9.89. The van der Waals surface area contributed by atoms with E-state index in [-0.39, 0.29) is 11.4 Å². The largest absolute Gasteiger partial charge is 0.395 e. The maximum atomic E-state index is 9.15. The Balaban J connectivity index is 2.30. The van der Waals surface area contributed by atoms with Crippen LogP contribution in [0.1, 0.15) is 26.7 Å². The average Bonchev–Trinajstić information content (AvgIpc) is 2.09. The average molecular weight is 203 g/mol. The minimum atomic E-state index is 0.0422. The summed E-state index contributed by atoms with van der Waals surface area (Å²) in [6.45, 7) is 6.94. The first-order chi connectivity index (χ1) is 6.03. The van der Waals surface area contributed by atoms with E-state index in [1.54, 1.807) is 0 Å². The minimum absolute atomic E-state index is 0.0422. The van der Waals surface area contributed by atoms with Crippen LogP contribution in [0.5, 0.6) is 0 Å². The fraction of sp³-hybridized carbons (Fsp3) is 1.00. The van der Waals surface area contributed by atoms with Gasteiger partial charge in [-0.05, 0) is 46.8 Å². The Bertz CT molecular complexity index is 153. The quantitative estimate of drug-likeness (QED) is 0.753. The van der Waals surface area contributed by atoms with Gasteiger partial charge in [0.1, 0.15) is 0 Å². The molecule has 2 nitrogen and oxygen atoms in total. The van der Waals surface area contributed by atoms with Gasteiger partial charge in [-0.25, -0.2) is 0 Å². The minimum Gasteiger partial charge on any atom is -0.395 e. The zero-order valence-electron chi connectivity index (χ0n) is 8.92. The molecule has 1 fully saturated rings. The third-order valence-corrected chi connectivity index (χ3v) is 4.10. The van der Waals surface area contributed by atoms with E-state index in [2.05, 4.69) is 25.8 Å². The number of aliphatic hydroxyl groups is 1. The van der Waals surface area contributed by atoms with Gasteiger partial charge in [-0.15, -0.1) is 11.8 Å². The molecular formula is C10H21NOS. The van der Waals surface area contributed by atoms with Gasteiger partial charge in [0.2, 0.25) is 0 Å². The monoisotopic (exact) mass is 203 g/mol. The van der Waals surface area contributed by atoms with E-state index < -0.39 is 0 Å². The molecule has 0 saturated carbocycles. The first-order valence-electron chi connectivity index (χ1n) is 5.01. The molecule has 0 bridgehead atoms. The molecular weight excluding hydrogens is 182 g/mol. The van der Waals surface area contributed by atoms with Gasteiger partial charge >= 0.3 is 0 Å². The van der Waals surface area contributed by atoms with E-state index in [0.717, 1.165) is 5.25 Å². The highest BCUT2D eigenvalue weighted by molar-refractivity contribution is 8.01. The van der Waals surface area contributed by atoms with Gasteiger partial charge in [-0.3, -0.25) is 0 Å². The normalized spacial score (nSPS) is 22.2. The van der Waals surface area contributed by atoms with Crippen LogP contribution in [0.4, 0.5) is 0 Å². The third-order valence-electron chi connectivity index (χ3n) is 2.53. The summed E-state index contributed by atoms with van der Waals surface area (Å²) >= 11 is 1.95. The van der Waals surface area contributed by atoms with Crippen molar-refractivity contribution in [2.45, 2.75) is 36.7 Å². The number of hydrogen-bond acceptors (Lipinski definition) is 3. The Kier molecular flexibility index (Phi) is 4.07. The van der Waals surface area contributed by atoms with Crippen molar-refractivity contribution in [3.05, 3.63) is 0 Å². The Morgan fingerprint density at radius 3 is 2.38 bits per heavy atom. The number of thioether (sulfide) groups is 1. The van der Waals surface area contributed by atoms with Crippen LogP contribution in [-0.4, -0.2) is 46.7 Å². The van der Waals surface area contributed by atoms with E-state index in [0.29, 0.717) is 0 Å². The Hall–Kier alpha value is 0.270. The second-order valence-electron chi connectivity index (χ2n) is 4.54. The molecule has 13 heavy (non-hydrogen) atoms. The van der Waals surface area contributed by atoms with E-state index in [1.807, 2.05) is 11.8 Å². The first kappa shape index (κ1) is 11.3. The van der Waals surface area contributed by atoms with Gasteiger partial charge in [-0.2, -0.15) is 0 Å². The number of aliphatic hydroxyl groups excluding tert-OH is 1. The summed E-state index contributed by atoms with van der Waals surface area (Å²) < 4.78 is 0.0422. The predicted molar refractivity (Wildman–Crippen MR) is 59.3 cm³/mol. The van der Waals surface area contributed by atoms with E-state index >= 15 is 0 Å². The van der Waals surface area contributed by atoms with Crippen LogP contribution < -0.4 is 0 Å². The zero-order valence-corrected chi connectivity index (χ0v) is 9.73. The predicted octanol–water partition coefficient (Wildman–Crippen LogP) is 1.58. The third kappa shape index (κ3) is 3.88. The van der Waals surface area contributed by atoms with E-state index in [9.17, 15) is 0 Å². The molecule has 78 valence electrons. The molecule has 0 radical (unpaired) electrons. The second kappa shape index (κ2) is 4.67. The lowest BCUT2D eigenvalue weighted by atomic mass is 10.1. The van der Waals surface area contributed by atoms with Crippen LogP contribution in [0.2, 0.25) is 0 Å². The SMILES string of the molecule is CN1CCC(SC(C)(C)CO)CC1. The summed E-state index contributed by atoms with van der Waals surface area (Å²) in [5.41, 5.74) is 0. The molecule has 0 atom stereocenters. The van der Waals surface area contributed by atoms with Crippen LogP contribution in [0, 0.1) is 0 Å². The summed E-state index contributed by atoms with van der Waals surface area (Å²) in [6, 6.07) is 0. The molecule has 0 spiro atoms. The molecule has 0 amide bonds. The molecule has 1 saturated heterocycles. The van der Waals surface area contributed by atoms with Gasteiger partial charge in [0, 0.05) is 10.00 Å². The van der Waals surface area contributed by atoms with Crippen LogP contribution in [0.25, 0.3) is 0 Å². The summed E-state index contributed by atoms with van der Waals surface area (Å²) in [5.74, 6) is 0. The van der Waals surface area contributed by atoms with Crippen molar-refractivity contribution in [1.82, 2.24) is 4.90 Å². The zero-order chi connectivity index (χ0) is 9.90. The summed E-state index contributed by atoms with van der Waals surface area (Å²) in [7, 11) is 2.18. The molecule has 1 heterocycles. The highest BCUT2D eigenvalue weighted by atomic mass is 32.2. The Labute approximate surface area is 85.7 Å². The molecule has 0 aromatic carbocycles. The van der Waals surface area contributed by atoms with Gasteiger partial charge in [0.05, 0.1) is 6.61 Å². The number of piperidine rings is 1. The maximum absolute atomic E-state index is 9.15. The van der Waals surface area contributed by atoms with Crippen molar-refractivity contribution in [3.63, 3.8) is 0 Å². The van der Waals surface area contributed by atoms with Crippen LogP contribution >= 0.6 is 11.8 Å². The number of hydrogen-bond donors (Lipinski definition) is 1. The van der Waals surface area contributed by atoms with Crippen molar-refractivity contribution in [1.29, 1.82) is 0 Å². The highest BCUT2D eigenvalue weighted by Crippen LogP contribution is 2.33. The summed E-state index contributed by atoms with van der Waals surface area (Å²) in [6.07, 6.45) is 2.54. The van der Waals surface area contributed by atoms with E-state index in [1.165, 1.54) is 25.9 Å². The molecule has 0 aliphatic carbocycles. The molecule has 1 N–H and O–H groups in total. The number of nitrogens with zero attached hydrogens (tertiary/aromatic N) is 1. The van der Waals surface area contributed by atoms with Crippen molar-refractivity contribution in [3.8, 4) is 0 Å². The van der Waals surface area contributed by atoms with Gasteiger partial charge < -0.3 is 10.0 Å². The fourth-order valence-electron chi connectivity index (χ4n) is 1.59. The smallest absolute Gasteiger partial charge is 0.0572 e. The van der Waals surface area contributed by atoms with Crippen LogP contribution in [0.3, 0.4) is 0 Å². The molecule has 0 unspecified atom stereocenters. The highest BCUT2D eigenvalue weighted by Gasteiger charge is 2.25. The maximum Gasteiger partial charge on any atom is 0.0572 e. The van der Waals surface area contributed by atoms with E-state index in [4.69, 9.17) is 5.11 Å². The van der Waals surface area contributed by atoms with Crippen molar-refractivity contribution >= 4 is 11.8 Å².